The smallest absolute Gasteiger partial charge is 0.223 e. The van der Waals surface area contributed by atoms with E-state index in [0.29, 0.717) is 22.0 Å². The number of ether oxygens (including phenoxy) is 1. The second kappa shape index (κ2) is 10.6. The van der Waals surface area contributed by atoms with Crippen LogP contribution in [0.25, 0.3) is 16.6 Å². The van der Waals surface area contributed by atoms with Crippen LogP contribution >= 0.6 is 11.6 Å². The number of para-hydroxylation sites is 1. The molecule has 2 N–H and O–H groups in total. The number of aliphatic hydroxyl groups excluding tert-OH is 1. The maximum Gasteiger partial charge on any atom is 0.223 e. The molecule has 1 amide bonds. The van der Waals surface area contributed by atoms with Crippen LogP contribution < -0.4 is 10.1 Å². The molecular formula is C27H28ClFN4O3. The molecule has 0 aliphatic carbocycles. The summed E-state index contributed by atoms with van der Waals surface area (Å²) in [4.78, 5) is 16.9. The first-order chi connectivity index (χ1) is 17.1. The molecule has 2 atom stereocenters. The highest BCUT2D eigenvalue weighted by Crippen LogP contribution is 2.32. The number of nitrogens with one attached hydrogen (secondary N) is 1. The minimum Gasteiger partial charge on any atom is -0.487 e. The summed E-state index contributed by atoms with van der Waals surface area (Å²) in [6.07, 6.45) is 1.75. The maximum atomic E-state index is 13.6. The van der Waals surface area contributed by atoms with Gasteiger partial charge in [-0.05, 0) is 57.0 Å². The second-order valence-electron chi connectivity index (χ2n) is 8.98. The predicted molar refractivity (Wildman–Crippen MR) is 137 cm³/mol. The average molecular weight is 511 g/mol. The molecule has 2 aromatic carbocycles. The van der Waals surface area contributed by atoms with Crippen LogP contribution in [0.5, 0.6) is 5.75 Å². The molecule has 2 aromatic heterocycles. The number of hydrogen-bond acceptors (Lipinski definition) is 5. The third-order valence-electron chi connectivity index (χ3n) is 5.78. The highest BCUT2D eigenvalue weighted by molar-refractivity contribution is 6.31. The molecule has 0 bridgehead atoms. The van der Waals surface area contributed by atoms with Crippen molar-refractivity contribution in [3.63, 3.8) is 0 Å². The van der Waals surface area contributed by atoms with Crippen LogP contribution in [0, 0.1) is 19.7 Å². The number of carbonyl (C=O) groups excluding carboxylic acids is 1. The lowest BCUT2D eigenvalue weighted by atomic mass is 9.99. The number of carbonyl (C=O) groups is 1. The summed E-state index contributed by atoms with van der Waals surface area (Å²) in [5, 5.41) is 17.8. The van der Waals surface area contributed by atoms with E-state index >= 15 is 0 Å². The van der Waals surface area contributed by atoms with E-state index in [2.05, 4.69) is 15.4 Å². The van der Waals surface area contributed by atoms with E-state index in [1.807, 2.05) is 57.2 Å². The minimum atomic E-state index is -0.730. The maximum absolute atomic E-state index is 13.6. The Morgan fingerprint density at radius 1 is 1.25 bits per heavy atom. The van der Waals surface area contributed by atoms with Crippen molar-refractivity contribution in [3.8, 4) is 11.4 Å². The van der Waals surface area contributed by atoms with Gasteiger partial charge < -0.3 is 15.2 Å². The zero-order chi connectivity index (χ0) is 26.0. The zero-order valence-electron chi connectivity index (χ0n) is 20.5. The van der Waals surface area contributed by atoms with Gasteiger partial charge in [0.25, 0.3) is 0 Å². The summed E-state index contributed by atoms with van der Waals surface area (Å²) >= 11 is 6.62. The molecule has 9 heteroatoms. The van der Waals surface area contributed by atoms with E-state index in [-0.39, 0.29) is 25.0 Å². The number of benzene rings is 2. The number of pyridine rings is 1. The summed E-state index contributed by atoms with van der Waals surface area (Å²) < 4.78 is 21.3. The highest BCUT2D eigenvalue weighted by atomic mass is 35.5. The predicted octanol–water partition coefficient (Wildman–Crippen LogP) is 5.36. The Labute approximate surface area is 213 Å². The van der Waals surface area contributed by atoms with E-state index in [1.54, 1.807) is 6.92 Å². The summed E-state index contributed by atoms with van der Waals surface area (Å²) in [5.41, 5.74) is 4.56. The lowest BCUT2D eigenvalue weighted by Crippen LogP contribution is -2.29. The summed E-state index contributed by atoms with van der Waals surface area (Å²) in [6, 6.07) is 10.9. The third kappa shape index (κ3) is 5.66. The fourth-order valence-corrected chi connectivity index (χ4v) is 4.54. The third-order valence-corrected chi connectivity index (χ3v) is 6.11. The molecule has 0 radical (unpaired) electrons. The largest absolute Gasteiger partial charge is 0.487 e. The standard InChI is InChI=1S/C27H28ClFN4O3/c1-15-8-21(18(4)32-26(35)11-17(3)34)22(23(28)9-15)14-36-25-7-5-6-20-24(10-16(2)31-27(20)25)33-13-19(29)12-30-33/h5-10,12-13,17-18,34H,11,14H2,1-4H3,(H,32,35)/t17-,18+/m1/s1. The van der Waals surface area contributed by atoms with Crippen LogP contribution in [0.15, 0.2) is 48.8 Å². The first-order valence-electron chi connectivity index (χ1n) is 11.6. The molecule has 0 aliphatic rings. The van der Waals surface area contributed by atoms with Crippen LogP contribution in [0.1, 0.15) is 48.7 Å². The monoisotopic (exact) mass is 510 g/mol. The van der Waals surface area contributed by atoms with Crippen LogP contribution in [0.2, 0.25) is 5.02 Å². The van der Waals surface area contributed by atoms with Crippen molar-refractivity contribution >= 4 is 28.4 Å². The molecule has 0 fully saturated rings. The molecule has 0 aliphatic heterocycles. The molecule has 4 aromatic rings. The molecule has 36 heavy (non-hydrogen) atoms. The molecular weight excluding hydrogens is 483 g/mol. The van der Waals surface area contributed by atoms with Gasteiger partial charge in [-0.1, -0.05) is 29.8 Å². The first-order valence-corrected chi connectivity index (χ1v) is 12.0. The van der Waals surface area contributed by atoms with Crippen molar-refractivity contribution in [1.29, 1.82) is 0 Å². The number of hydrogen-bond donors (Lipinski definition) is 2. The summed E-state index contributed by atoms with van der Waals surface area (Å²) in [7, 11) is 0. The number of aryl methyl sites for hydroxylation is 2. The van der Waals surface area contributed by atoms with Crippen molar-refractivity contribution in [2.75, 3.05) is 0 Å². The molecule has 0 saturated heterocycles. The van der Waals surface area contributed by atoms with Gasteiger partial charge >= 0.3 is 0 Å². The van der Waals surface area contributed by atoms with E-state index in [9.17, 15) is 14.3 Å². The van der Waals surface area contributed by atoms with Crippen LogP contribution in [0.4, 0.5) is 4.39 Å². The van der Waals surface area contributed by atoms with Crippen LogP contribution in [-0.2, 0) is 11.4 Å². The molecule has 0 saturated carbocycles. The highest BCUT2D eigenvalue weighted by Gasteiger charge is 2.19. The normalized spacial score (nSPS) is 13.0. The first kappa shape index (κ1) is 25.6. The summed E-state index contributed by atoms with van der Waals surface area (Å²) in [5.74, 6) is -0.141. The Balaban J connectivity index is 1.67. The molecule has 2 heterocycles. The van der Waals surface area contributed by atoms with Gasteiger partial charge in [-0.3, -0.25) is 4.79 Å². The van der Waals surface area contributed by atoms with E-state index in [1.165, 1.54) is 10.9 Å². The zero-order valence-corrected chi connectivity index (χ0v) is 21.3. The SMILES string of the molecule is Cc1cc(Cl)c(COc2cccc3c(-n4cc(F)cn4)cc(C)nc23)c([C@H](C)NC(=O)C[C@@H](C)O)c1. The van der Waals surface area contributed by atoms with Crippen molar-refractivity contribution in [3.05, 3.63) is 82.0 Å². The number of fused-ring (bicyclic) bond motifs is 1. The van der Waals surface area contributed by atoms with Gasteiger partial charge in [0, 0.05) is 21.7 Å². The van der Waals surface area contributed by atoms with Crippen molar-refractivity contribution < 1.29 is 19.0 Å². The van der Waals surface area contributed by atoms with Gasteiger partial charge in [-0.15, -0.1) is 0 Å². The topological polar surface area (TPSA) is 89.3 Å². The number of rotatable bonds is 8. The van der Waals surface area contributed by atoms with Crippen molar-refractivity contribution in [2.45, 2.75) is 52.9 Å². The Morgan fingerprint density at radius 3 is 2.72 bits per heavy atom. The van der Waals surface area contributed by atoms with Gasteiger partial charge in [0.1, 0.15) is 17.9 Å². The average Bonchev–Trinajstić information content (AvgIpc) is 3.23. The van der Waals surface area contributed by atoms with Gasteiger partial charge in [0.05, 0.1) is 36.6 Å². The Hall–Kier alpha value is -3.49. The summed E-state index contributed by atoms with van der Waals surface area (Å²) in [6.45, 7) is 7.37. The van der Waals surface area contributed by atoms with Crippen molar-refractivity contribution in [1.82, 2.24) is 20.1 Å². The van der Waals surface area contributed by atoms with Crippen LogP contribution in [0.3, 0.4) is 0 Å². The van der Waals surface area contributed by atoms with Gasteiger partial charge in [0.15, 0.2) is 5.82 Å². The quantitative estimate of drug-likeness (QED) is 0.333. The Morgan fingerprint density at radius 2 is 2.03 bits per heavy atom. The Kier molecular flexibility index (Phi) is 7.56. The fraction of sp³-hybridized carbons (Fsp3) is 0.296. The van der Waals surface area contributed by atoms with Crippen molar-refractivity contribution in [2.24, 2.45) is 0 Å². The number of aromatic nitrogens is 3. The Bertz CT molecular complexity index is 1420. The van der Waals surface area contributed by atoms with Gasteiger partial charge in [-0.2, -0.15) is 5.10 Å². The van der Waals surface area contributed by atoms with Crippen LogP contribution in [-0.4, -0.2) is 31.9 Å². The fourth-order valence-electron chi connectivity index (χ4n) is 4.20. The molecule has 7 nitrogen and oxygen atoms in total. The lowest BCUT2D eigenvalue weighted by Gasteiger charge is -2.21. The second-order valence-corrected chi connectivity index (χ2v) is 9.39. The number of halogens is 2. The minimum absolute atomic E-state index is 0.0131. The number of amides is 1. The lowest BCUT2D eigenvalue weighted by molar-refractivity contribution is -0.123. The van der Waals surface area contributed by atoms with E-state index in [0.717, 1.165) is 34.0 Å². The molecule has 0 spiro atoms. The molecule has 4 rings (SSSR count). The van der Waals surface area contributed by atoms with Gasteiger partial charge in [-0.25, -0.2) is 14.1 Å². The van der Waals surface area contributed by atoms with E-state index < -0.39 is 11.9 Å². The van der Waals surface area contributed by atoms with Gasteiger partial charge in [0.2, 0.25) is 5.91 Å². The number of aliphatic hydroxyl groups is 1. The molecule has 188 valence electrons. The molecule has 0 unspecified atom stereocenters. The van der Waals surface area contributed by atoms with E-state index in [4.69, 9.17) is 16.3 Å². The number of nitrogens with zero attached hydrogens (tertiary/aromatic N) is 3.